The minimum atomic E-state index is 0.412. The molecule has 1 aromatic carbocycles. The zero-order chi connectivity index (χ0) is 11.4. The maximum absolute atomic E-state index is 9.90. The Morgan fingerprint density at radius 3 is 2.50 bits per heavy atom. The van der Waals surface area contributed by atoms with E-state index in [1.807, 2.05) is 18.2 Å². The Bertz CT molecular complexity index is 331. The van der Waals surface area contributed by atoms with Gasteiger partial charge in [-0.05, 0) is 31.9 Å². The lowest BCUT2D eigenvalue weighted by Crippen LogP contribution is -2.36. The smallest absolute Gasteiger partial charge is 0.138 e. The van der Waals surface area contributed by atoms with E-state index in [0.29, 0.717) is 11.8 Å². The van der Waals surface area contributed by atoms with Gasteiger partial charge in [-0.25, -0.2) is 0 Å². The normalized spacial score (nSPS) is 17.3. The highest BCUT2D eigenvalue weighted by atomic mass is 16.3. The zero-order valence-corrected chi connectivity index (χ0v) is 10.0. The summed E-state index contributed by atoms with van der Waals surface area (Å²) in [7, 11) is 0. The van der Waals surface area contributed by atoms with Crippen LogP contribution in [0, 0.1) is 0 Å². The number of rotatable bonds is 3. The topological polar surface area (TPSA) is 23.5 Å². The number of para-hydroxylation sites is 2. The van der Waals surface area contributed by atoms with Crippen molar-refractivity contribution in [1.29, 1.82) is 0 Å². The minimum Gasteiger partial charge on any atom is -0.506 e. The van der Waals surface area contributed by atoms with Crippen LogP contribution in [0.4, 0.5) is 5.69 Å². The Kier molecular flexibility index (Phi) is 3.70. The molecule has 16 heavy (non-hydrogen) atoms. The van der Waals surface area contributed by atoms with Gasteiger partial charge in [-0.3, -0.25) is 0 Å². The summed E-state index contributed by atoms with van der Waals surface area (Å²) in [5.41, 5.74) is 0.997. The van der Waals surface area contributed by atoms with Gasteiger partial charge in [0.05, 0.1) is 5.69 Å². The third-order valence-electron chi connectivity index (χ3n) is 3.55. The fourth-order valence-electron chi connectivity index (χ4n) is 2.72. The van der Waals surface area contributed by atoms with E-state index in [1.54, 1.807) is 6.07 Å². The van der Waals surface area contributed by atoms with E-state index < -0.39 is 0 Å². The third kappa shape index (κ3) is 2.31. The number of nitrogens with zero attached hydrogens (tertiary/aromatic N) is 1. The van der Waals surface area contributed by atoms with Gasteiger partial charge in [0.2, 0.25) is 0 Å². The molecule has 1 aliphatic rings. The lowest BCUT2D eigenvalue weighted by molar-refractivity contribution is 0.411. The van der Waals surface area contributed by atoms with E-state index in [1.165, 1.54) is 32.1 Å². The average Bonchev–Trinajstić information content (AvgIpc) is 2.34. The van der Waals surface area contributed by atoms with Crippen LogP contribution in [0.1, 0.15) is 39.0 Å². The third-order valence-corrected chi connectivity index (χ3v) is 3.55. The van der Waals surface area contributed by atoms with Gasteiger partial charge in [0.1, 0.15) is 5.75 Å². The molecule has 1 saturated carbocycles. The second kappa shape index (κ2) is 5.24. The first kappa shape index (κ1) is 11.3. The second-order valence-corrected chi connectivity index (χ2v) is 4.57. The Balaban J connectivity index is 2.18. The van der Waals surface area contributed by atoms with Crippen LogP contribution < -0.4 is 4.90 Å². The molecular weight excluding hydrogens is 198 g/mol. The zero-order valence-electron chi connectivity index (χ0n) is 10.0. The SMILES string of the molecule is CCN(c1ccccc1O)C1CCCCC1. The molecule has 0 saturated heterocycles. The molecule has 2 nitrogen and oxygen atoms in total. The molecule has 0 atom stereocenters. The molecule has 0 amide bonds. The highest BCUT2D eigenvalue weighted by Gasteiger charge is 2.21. The summed E-state index contributed by atoms with van der Waals surface area (Å²) in [5.74, 6) is 0.412. The average molecular weight is 219 g/mol. The highest BCUT2D eigenvalue weighted by molar-refractivity contribution is 5.58. The van der Waals surface area contributed by atoms with E-state index >= 15 is 0 Å². The lowest BCUT2D eigenvalue weighted by Gasteiger charge is -2.35. The Morgan fingerprint density at radius 2 is 1.88 bits per heavy atom. The molecule has 1 aliphatic carbocycles. The monoisotopic (exact) mass is 219 g/mol. The largest absolute Gasteiger partial charge is 0.506 e. The van der Waals surface area contributed by atoms with Crippen LogP contribution in [0.25, 0.3) is 0 Å². The van der Waals surface area contributed by atoms with Crippen molar-refractivity contribution in [3.8, 4) is 5.75 Å². The van der Waals surface area contributed by atoms with Crippen LogP contribution in [-0.4, -0.2) is 17.7 Å². The number of benzene rings is 1. The standard InChI is InChI=1S/C14H21NO/c1-2-15(12-8-4-3-5-9-12)13-10-6-7-11-14(13)16/h6-7,10-12,16H,2-5,8-9H2,1H3. The molecule has 0 unspecified atom stereocenters. The van der Waals surface area contributed by atoms with Gasteiger partial charge in [0.25, 0.3) is 0 Å². The van der Waals surface area contributed by atoms with Crippen molar-refractivity contribution < 1.29 is 5.11 Å². The molecule has 0 aliphatic heterocycles. The summed E-state index contributed by atoms with van der Waals surface area (Å²) in [6.07, 6.45) is 6.56. The first-order chi connectivity index (χ1) is 7.83. The van der Waals surface area contributed by atoms with Crippen LogP contribution >= 0.6 is 0 Å². The molecule has 0 radical (unpaired) electrons. The van der Waals surface area contributed by atoms with Gasteiger partial charge in [0.15, 0.2) is 0 Å². The number of phenols is 1. The van der Waals surface area contributed by atoms with Crippen molar-refractivity contribution in [1.82, 2.24) is 0 Å². The summed E-state index contributed by atoms with van der Waals surface area (Å²) >= 11 is 0. The molecule has 0 spiro atoms. The predicted octanol–water partition coefficient (Wildman–Crippen LogP) is 3.55. The van der Waals surface area contributed by atoms with Crippen molar-refractivity contribution in [3.63, 3.8) is 0 Å². The van der Waals surface area contributed by atoms with E-state index in [0.717, 1.165) is 12.2 Å². The molecule has 1 aromatic rings. The van der Waals surface area contributed by atoms with E-state index in [-0.39, 0.29) is 0 Å². The van der Waals surface area contributed by atoms with Crippen molar-refractivity contribution in [3.05, 3.63) is 24.3 Å². The predicted molar refractivity (Wildman–Crippen MR) is 68.0 cm³/mol. The molecule has 0 heterocycles. The van der Waals surface area contributed by atoms with E-state index in [4.69, 9.17) is 0 Å². The molecule has 0 bridgehead atoms. The number of phenolic OH excluding ortho intramolecular Hbond substituents is 1. The number of hydrogen-bond acceptors (Lipinski definition) is 2. The Morgan fingerprint density at radius 1 is 1.19 bits per heavy atom. The van der Waals surface area contributed by atoms with Gasteiger partial charge in [0, 0.05) is 12.6 Å². The fraction of sp³-hybridized carbons (Fsp3) is 0.571. The molecule has 0 aromatic heterocycles. The van der Waals surface area contributed by atoms with Gasteiger partial charge in [-0.2, -0.15) is 0 Å². The van der Waals surface area contributed by atoms with Crippen molar-refractivity contribution in [2.45, 2.75) is 45.1 Å². The number of aromatic hydroxyl groups is 1. The summed E-state index contributed by atoms with van der Waals surface area (Å²) < 4.78 is 0. The van der Waals surface area contributed by atoms with Gasteiger partial charge in [-0.15, -0.1) is 0 Å². The highest BCUT2D eigenvalue weighted by Crippen LogP contribution is 2.32. The van der Waals surface area contributed by atoms with Crippen LogP contribution in [-0.2, 0) is 0 Å². The van der Waals surface area contributed by atoms with Crippen molar-refractivity contribution in [2.75, 3.05) is 11.4 Å². The van der Waals surface area contributed by atoms with Gasteiger partial charge >= 0.3 is 0 Å². The lowest BCUT2D eigenvalue weighted by atomic mass is 9.93. The molecule has 88 valence electrons. The fourth-order valence-corrected chi connectivity index (χ4v) is 2.72. The van der Waals surface area contributed by atoms with Crippen LogP contribution in [0.2, 0.25) is 0 Å². The Labute approximate surface area is 97.9 Å². The summed E-state index contributed by atoms with van der Waals surface area (Å²) in [4.78, 5) is 2.36. The van der Waals surface area contributed by atoms with Crippen molar-refractivity contribution >= 4 is 5.69 Å². The summed E-state index contributed by atoms with van der Waals surface area (Å²) in [6.45, 7) is 3.14. The molecule has 1 fully saturated rings. The molecule has 1 N–H and O–H groups in total. The molecular formula is C14H21NO. The van der Waals surface area contributed by atoms with Crippen LogP contribution in [0.15, 0.2) is 24.3 Å². The summed E-state index contributed by atoms with van der Waals surface area (Å²) in [5, 5.41) is 9.90. The maximum atomic E-state index is 9.90. The number of hydrogen-bond donors (Lipinski definition) is 1. The molecule has 2 rings (SSSR count). The quantitative estimate of drug-likeness (QED) is 0.840. The van der Waals surface area contributed by atoms with Gasteiger partial charge in [-0.1, -0.05) is 31.4 Å². The first-order valence-corrected chi connectivity index (χ1v) is 6.37. The van der Waals surface area contributed by atoms with Crippen LogP contribution in [0.5, 0.6) is 5.75 Å². The van der Waals surface area contributed by atoms with Gasteiger partial charge < -0.3 is 10.0 Å². The second-order valence-electron chi connectivity index (χ2n) is 4.57. The summed E-state index contributed by atoms with van der Waals surface area (Å²) in [6, 6.07) is 8.30. The van der Waals surface area contributed by atoms with E-state index in [2.05, 4.69) is 11.8 Å². The first-order valence-electron chi connectivity index (χ1n) is 6.37. The van der Waals surface area contributed by atoms with Crippen LogP contribution in [0.3, 0.4) is 0 Å². The number of anilines is 1. The van der Waals surface area contributed by atoms with E-state index in [9.17, 15) is 5.11 Å². The van der Waals surface area contributed by atoms with Crippen molar-refractivity contribution in [2.24, 2.45) is 0 Å². The Hall–Kier alpha value is -1.18. The minimum absolute atomic E-state index is 0.412. The molecule has 2 heteroatoms. The maximum Gasteiger partial charge on any atom is 0.138 e.